The molecule has 3 rings (SSSR count). The summed E-state index contributed by atoms with van der Waals surface area (Å²) >= 11 is 3.45. The number of halogens is 1. The molecular formula is C14H19BrN2. The van der Waals surface area contributed by atoms with Crippen molar-refractivity contribution in [2.45, 2.75) is 32.6 Å². The average Bonchev–Trinajstić information content (AvgIpc) is 3.15. The summed E-state index contributed by atoms with van der Waals surface area (Å²) in [6.07, 6.45) is 7.69. The normalized spacial score (nSPS) is 19.7. The first-order chi connectivity index (χ1) is 8.24. The van der Waals surface area contributed by atoms with E-state index >= 15 is 0 Å². The van der Waals surface area contributed by atoms with E-state index in [1.54, 1.807) is 0 Å². The van der Waals surface area contributed by atoms with Crippen LogP contribution in [0, 0.1) is 24.7 Å². The van der Waals surface area contributed by atoms with Gasteiger partial charge in [-0.3, -0.25) is 0 Å². The zero-order chi connectivity index (χ0) is 11.8. The van der Waals surface area contributed by atoms with E-state index in [0.29, 0.717) is 0 Å². The lowest BCUT2D eigenvalue weighted by atomic mass is 9.98. The maximum absolute atomic E-state index is 4.45. The second-order valence-electron chi connectivity index (χ2n) is 5.54. The molecule has 0 saturated heterocycles. The van der Waals surface area contributed by atoms with E-state index in [-0.39, 0.29) is 0 Å². The molecule has 2 fully saturated rings. The molecule has 0 unspecified atom stereocenters. The molecule has 0 aromatic carbocycles. The van der Waals surface area contributed by atoms with Crippen molar-refractivity contribution in [3.05, 3.63) is 22.3 Å². The molecule has 0 bridgehead atoms. The van der Waals surface area contributed by atoms with E-state index < -0.39 is 0 Å². The number of nitrogens with zero attached hydrogens (tertiary/aromatic N) is 1. The zero-order valence-electron chi connectivity index (χ0n) is 10.2. The average molecular weight is 295 g/mol. The lowest BCUT2D eigenvalue weighted by Gasteiger charge is -2.17. The van der Waals surface area contributed by atoms with Crippen LogP contribution in [0.5, 0.6) is 0 Å². The van der Waals surface area contributed by atoms with Crippen molar-refractivity contribution >= 4 is 21.7 Å². The molecule has 3 heteroatoms. The Labute approximate surface area is 111 Å². The fourth-order valence-corrected chi connectivity index (χ4v) is 3.15. The van der Waals surface area contributed by atoms with Gasteiger partial charge >= 0.3 is 0 Å². The van der Waals surface area contributed by atoms with Crippen LogP contribution in [0.2, 0.25) is 0 Å². The predicted molar refractivity (Wildman–Crippen MR) is 74.1 cm³/mol. The van der Waals surface area contributed by atoms with Crippen molar-refractivity contribution in [3.8, 4) is 0 Å². The van der Waals surface area contributed by atoms with Crippen molar-refractivity contribution in [3.63, 3.8) is 0 Å². The Hall–Kier alpha value is -0.570. The Morgan fingerprint density at radius 2 is 2.00 bits per heavy atom. The van der Waals surface area contributed by atoms with Gasteiger partial charge in [0.2, 0.25) is 0 Å². The molecule has 2 aliphatic rings. The first-order valence-electron chi connectivity index (χ1n) is 6.60. The van der Waals surface area contributed by atoms with Crippen molar-refractivity contribution in [2.24, 2.45) is 17.8 Å². The van der Waals surface area contributed by atoms with Crippen LogP contribution in [0.3, 0.4) is 0 Å². The van der Waals surface area contributed by atoms with Crippen LogP contribution in [0.25, 0.3) is 0 Å². The van der Waals surface area contributed by atoms with Crippen molar-refractivity contribution in [2.75, 3.05) is 11.9 Å². The number of pyridine rings is 1. The van der Waals surface area contributed by atoms with Crippen molar-refractivity contribution in [1.29, 1.82) is 0 Å². The molecule has 1 N–H and O–H groups in total. The van der Waals surface area contributed by atoms with Gasteiger partial charge in [-0.15, -0.1) is 0 Å². The van der Waals surface area contributed by atoms with E-state index in [1.165, 1.54) is 31.2 Å². The molecule has 2 saturated carbocycles. The minimum absolute atomic E-state index is 0.903. The van der Waals surface area contributed by atoms with Gasteiger partial charge in [0, 0.05) is 17.2 Å². The number of hydrogen-bond donors (Lipinski definition) is 1. The number of rotatable bonds is 5. The maximum atomic E-state index is 4.45. The summed E-state index contributed by atoms with van der Waals surface area (Å²) < 4.78 is 1.06. The first kappa shape index (κ1) is 11.5. The fraction of sp³-hybridized carbons (Fsp3) is 0.643. The Kier molecular flexibility index (Phi) is 3.12. The van der Waals surface area contributed by atoms with Crippen LogP contribution in [-0.2, 0) is 0 Å². The third-order valence-corrected chi connectivity index (χ3v) is 4.44. The predicted octanol–water partition coefficient (Wildman–Crippen LogP) is 4.00. The molecule has 2 nitrogen and oxygen atoms in total. The number of aryl methyl sites for hydroxylation is 1. The van der Waals surface area contributed by atoms with Gasteiger partial charge in [0.15, 0.2) is 0 Å². The summed E-state index contributed by atoms with van der Waals surface area (Å²) in [6.45, 7) is 3.23. The van der Waals surface area contributed by atoms with Crippen LogP contribution in [0.15, 0.2) is 16.7 Å². The summed E-state index contributed by atoms with van der Waals surface area (Å²) in [5.41, 5.74) is 1.23. The van der Waals surface area contributed by atoms with Gasteiger partial charge in [0.25, 0.3) is 0 Å². The third kappa shape index (κ3) is 2.82. The summed E-state index contributed by atoms with van der Waals surface area (Å²) in [4.78, 5) is 4.45. The van der Waals surface area contributed by atoms with Crippen LogP contribution in [0.4, 0.5) is 5.82 Å². The van der Waals surface area contributed by atoms with Gasteiger partial charge in [-0.05, 0) is 77.9 Å². The fourth-order valence-electron chi connectivity index (χ4n) is 2.71. The third-order valence-electron chi connectivity index (χ3n) is 4.01. The van der Waals surface area contributed by atoms with Gasteiger partial charge < -0.3 is 5.32 Å². The van der Waals surface area contributed by atoms with E-state index in [9.17, 15) is 0 Å². The maximum Gasteiger partial charge on any atom is 0.128 e. The Morgan fingerprint density at radius 1 is 1.35 bits per heavy atom. The van der Waals surface area contributed by atoms with Crippen LogP contribution >= 0.6 is 15.9 Å². The van der Waals surface area contributed by atoms with Crippen LogP contribution in [0.1, 0.15) is 31.2 Å². The molecule has 0 atom stereocenters. The largest absolute Gasteiger partial charge is 0.370 e. The highest BCUT2D eigenvalue weighted by atomic mass is 79.9. The second kappa shape index (κ2) is 4.60. The highest BCUT2D eigenvalue weighted by molar-refractivity contribution is 9.10. The molecule has 0 spiro atoms. The molecule has 0 amide bonds. The van der Waals surface area contributed by atoms with E-state index in [2.05, 4.69) is 39.2 Å². The molecule has 1 heterocycles. The highest BCUT2D eigenvalue weighted by Crippen LogP contribution is 2.49. The zero-order valence-corrected chi connectivity index (χ0v) is 11.8. The Balaban J connectivity index is 1.62. The van der Waals surface area contributed by atoms with Gasteiger partial charge in [-0.25, -0.2) is 4.98 Å². The minimum Gasteiger partial charge on any atom is -0.370 e. The summed E-state index contributed by atoms with van der Waals surface area (Å²) in [5.74, 6) is 3.97. The number of nitrogens with one attached hydrogen (secondary N) is 1. The molecule has 0 aliphatic heterocycles. The summed E-state index contributed by atoms with van der Waals surface area (Å²) in [7, 11) is 0. The van der Waals surface area contributed by atoms with E-state index in [4.69, 9.17) is 0 Å². The van der Waals surface area contributed by atoms with Gasteiger partial charge in [-0.1, -0.05) is 0 Å². The van der Waals surface area contributed by atoms with Gasteiger partial charge in [-0.2, -0.15) is 0 Å². The topological polar surface area (TPSA) is 24.9 Å². The van der Waals surface area contributed by atoms with Crippen LogP contribution < -0.4 is 5.32 Å². The first-order valence-corrected chi connectivity index (χ1v) is 7.39. The molecule has 0 radical (unpaired) electrons. The monoisotopic (exact) mass is 294 g/mol. The van der Waals surface area contributed by atoms with E-state index in [0.717, 1.165) is 34.6 Å². The molecule has 17 heavy (non-hydrogen) atoms. The smallest absolute Gasteiger partial charge is 0.128 e. The number of anilines is 1. The Morgan fingerprint density at radius 3 is 2.53 bits per heavy atom. The van der Waals surface area contributed by atoms with E-state index in [1.807, 2.05) is 6.20 Å². The second-order valence-corrected chi connectivity index (χ2v) is 6.45. The number of hydrogen-bond acceptors (Lipinski definition) is 2. The van der Waals surface area contributed by atoms with Crippen molar-refractivity contribution in [1.82, 2.24) is 4.98 Å². The van der Waals surface area contributed by atoms with Gasteiger partial charge in [0.05, 0.1) is 0 Å². The lowest BCUT2D eigenvalue weighted by molar-refractivity contribution is 0.427. The number of aromatic nitrogens is 1. The summed E-state index contributed by atoms with van der Waals surface area (Å²) in [6, 6.07) is 2.12. The molecular weight excluding hydrogens is 276 g/mol. The molecule has 1 aromatic heterocycles. The highest BCUT2D eigenvalue weighted by Gasteiger charge is 2.41. The van der Waals surface area contributed by atoms with Crippen LogP contribution in [-0.4, -0.2) is 11.5 Å². The summed E-state index contributed by atoms with van der Waals surface area (Å²) in [5, 5.41) is 3.55. The standard InChI is InChI=1S/C14H19BrN2/c1-9-6-12(15)7-16-14(9)17-8-13(10-2-3-10)11-4-5-11/h6-7,10-11,13H,2-5,8H2,1H3,(H,16,17). The molecule has 2 aliphatic carbocycles. The minimum atomic E-state index is 0.903. The lowest BCUT2D eigenvalue weighted by Crippen LogP contribution is -2.19. The SMILES string of the molecule is Cc1cc(Br)cnc1NCC(C1CC1)C1CC1. The molecule has 1 aromatic rings. The quantitative estimate of drug-likeness (QED) is 0.888. The van der Waals surface area contributed by atoms with Crippen molar-refractivity contribution < 1.29 is 0 Å². The molecule has 92 valence electrons. The Bertz CT molecular complexity index is 399. The van der Waals surface area contributed by atoms with Gasteiger partial charge in [0.1, 0.15) is 5.82 Å².